The van der Waals surface area contributed by atoms with Gasteiger partial charge in [0.1, 0.15) is 5.52 Å². The van der Waals surface area contributed by atoms with Gasteiger partial charge in [0, 0.05) is 50.3 Å². The third-order valence-electron chi connectivity index (χ3n) is 6.23. The highest BCUT2D eigenvalue weighted by Gasteiger charge is 2.26. The Bertz CT molecular complexity index is 1160. The van der Waals surface area contributed by atoms with Gasteiger partial charge in [0.15, 0.2) is 0 Å². The predicted molar refractivity (Wildman–Crippen MR) is 120 cm³/mol. The number of aromatic nitrogens is 2. The summed E-state index contributed by atoms with van der Waals surface area (Å²) in [5, 5.41) is 0. The standard InChI is InChI=1S/C22H27N5O2S/c23-17-8-13-26(14-9-17)21-16-27(20-7-4-10-24-22(20)21)30(28,29)19-6-3-5-18(15-19)25-11-1-2-12-25/h3-7,10,15-17H,1-2,8-9,11-14,23H2. The van der Waals surface area contributed by atoms with Crippen LogP contribution in [0.5, 0.6) is 0 Å². The lowest BCUT2D eigenvalue weighted by molar-refractivity contribution is 0.502. The number of anilines is 2. The van der Waals surface area contributed by atoms with Crippen molar-refractivity contribution in [3.8, 4) is 0 Å². The molecule has 2 aliphatic heterocycles. The Morgan fingerprint density at radius 3 is 2.50 bits per heavy atom. The maximum absolute atomic E-state index is 13.6. The minimum absolute atomic E-state index is 0.208. The predicted octanol–water partition coefficient (Wildman–Crippen LogP) is 2.80. The van der Waals surface area contributed by atoms with Crippen molar-refractivity contribution in [3.05, 3.63) is 48.8 Å². The van der Waals surface area contributed by atoms with Gasteiger partial charge in [-0.1, -0.05) is 6.07 Å². The van der Waals surface area contributed by atoms with E-state index in [4.69, 9.17) is 5.73 Å². The van der Waals surface area contributed by atoms with Crippen LogP contribution in [0.25, 0.3) is 11.0 Å². The van der Waals surface area contributed by atoms with Gasteiger partial charge in [-0.15, -0.1) is 0 Å². The zero-order valence-corrected chi connectivity index (χ0v) is 17.8. The van der Waals surface area contributed by atoms with E-state index in [-0.39, 0.29) is 6.04 Å². The molecule has 7 nitrogen and oxygen atoms in total. The summed E-state index contributed by atoms with van der Waals surface area (Å²) in [6.07, 6.45) is 7.52. The van der Waals surface area contributed by atoms with Crippen LogP contribution in [0.15, 0.2) is 53.7 Å². The van der Waals surface area contributed by atoms with Gasteiger partial charge in [0.05, 0.1) is 16.1 Å². The monoisotopic (exact) mass is 425 g/mol. The third kappa shape index (κ3) is 3.33. The van der Waals surface area contributed by atoms with Crippen molar-refractivity contribution in [1.82, 2.24) is 8.96 Å². The number of piperidine rings is 1. The Kier molecular flexibility index (Phi) is 4.91. The molecule has 2 N–H and O–H groups in total. The summed E-state index contributed by atoms with van der Waals surface area (Å²) in [6, 6.07) is 11.1. The number of hydrogen-bond acceptors (Lipinski definition) is 6. The number of benzene rings is 1. The smallest absolute Gasteiger partial charge is 0.268 e. The van der Waals surface area contributed by atoms with Gasteiger partial charge >= 0.3 is 0 Å². The molecule has 8 heteroatoms. The molecule has 0 bridgehead atoms. The van der Waals surface area contributed by atoms with Crippen molar-refractivity contribution in [2.45, 2.75) is 36.6 Å². The van der Waals surface area contributed by atoms with E-state index in [1.165, 1.54) is 3.97 Å². The van der Waals surface area contributed by atoms with Crippen LogP contribution < -0.4 is 15.5 Å². The van der Waals surface area contributed by atoms with Crippen molar-refractivity contribution in [1.29, 1.82) is 0 Å². The van der Waals surface area contributed by atoms with Crippen LogP contribution in [-0.4, -0.2) is 49.6 Å². The molecule has 0 radical (unpaired) electrons. The molecule has 30 heavy (non-hydrogen) atoms. The minimum Gasteiger partial charge on any atom is -0.371 e. The molecule has 2 fully saturated rings. The lowest BCUT2D eigenvalue weighted by Gasteiger charge is -2.31. The van der Waals surface area contributed by atoms with Gasteiger partial charge in [-0.2, -0.15) is 0 Å². The van der Waals surface area contributed by atoms with E-state index >= 15 is 0 Å². The highest BCUT2D eigenvalue weighted by Crippen LogP contribution is 2.33. The molecule has 0 atom stereocenters. The second-order valence-corrected chi connectivity index (χ2v) is 10.0. The topological polar surface area (TPSA) is 84.5 Å². The Labute approximate surface area is 177 Å². The summed E-state index contributed by atoms with van der Waals surface area (Å²) in [6.45, 7) is 3.56. The normalized spacial score (nSPS) is 18.4. The Hall–Kier alpha value is -2.58. The first kappa shape index (κ1) is 19.4. The fourth-order valence-electron chi connectivity index (χ4n) is 4.51. The largest absolute Gasteiger partial charge is 0.371 e. The summed E-state index contributed by atoms with van der Waals surface area (Å²) in [7, 11) is -3.75. The lowest BCUT2D eigenvalue weighted by Crippen LogP contribution is -2.39. The zero-order chi connectivity index (χ0) is 20.7. The van der Waals surface area contributed by atoms with Crippen LogP contribution in [-0.2, 0) is 10.0 Å². The molecular formula is C22H27N5O2S. The molecule has 5 rings (SSSR count). The number of nitrogens with zero attached hydrogens (tertiary/aromatic N) is 4. The van der Waals surface area contributed by atoms with E-state index in [2.05, 4.69) is 14.8 Å². The van der Waals surface area contributed by atoms with Crippen molar-refractivity contribution < 1.29 is 8.42 Å². The van der Waals surface area contributed by atoms with Crippen LogP contribution in [0.1, 0.15) is 25.7 Å². The molecule has 0 saturated carbocycles. The highest BCUT2D eigenvalue weighted by molar-refractivity contribution is 7.90. The van der Waals surface area contributed by atoms with Crippen LogP contribution in [0.4, 0.5) is 11.4 Å². The second kappa shape index (κ2) is 7.59. The van der Waals surface area contributed by atoms with E-state index in [9.17, 15) is 8.42 Å². The summed E-state index contributed by atoms with van der Waals surface area (Å²) in [5.41, 5.74) is 9.20. The summed E-state index contributed by atoms with van der Waals surface area (Å²) >= 11 is 0. The second-order valence-electron chi connectivity index (χ2n) is 8.20. The van der Waals surface area contributed by atoms with Crippen molar-refractivity contribution in [2.24, 2.45) is 5.73 Å². The number of hydrogen-bond donors (Lipinski definition) is 1. The fraction of sp³-hybridized carbons (Fsp3) is 0.409. The molecular weight excluding hydrogens is 398 g/mol. The van der Waals surface area contributed by atoms with Crippen molar-refractivity contribution in [2.75, 3.05) is 36.0 Å². The molecule has 0 aliphatic carbocycles. The minimum atomic E-state index is -3.75. The highest BCUT2D eigenvalue weighted by atomic mass is 32.2. The van der Waals surface area contributed by atoms with E-state index in [1.807, 2.05) is 18.2 Å². The van der Waals surface area contributed by atoms with Gasteiger partial charge in [0.2, 0.25) is 0 Å². The fourth-order valence-corrected chi connectivity index (χ4v) is 5.91. The van der Waals surface area contributed by atoms with Crippen LogP contribution in [0.3, 0.4) is 0 Å². The SMILES string of the molecule is NC1CCN(c2cn(S(=O)(=O)c3cccc(N4CCCC4)c3)c3cccnc23)CC1. The molecule has 2 aromatic heterocycles. The molecule has 0 spiro atoms. The summed E-state index contributed by atoms with van der Waals surface area (Å²) < 4.78 is 28.7. The van der Waals surface area contributed by atoms with Gasteiger partial charge < -0.3 is 15.5 Å². The zero-order valence-electron chi connectivity index (χ0n) is 16.9. The maximum atomic E-state index is 13.6. The summed E-state index contributed by atoms with van der Waals surface area (Å²) in [4.78, 5) is 9.27. The van der Waals surface area contributed by atoms with E-state index < -0.39 is 10.0 Å². The molecule has 3 aromatic rings. The van der Waals surface area contributed by atoms with Crippen molar-refractivity contribution >= 4 is 32.4 Å². The first-order valence-electron chi connectivity index (χ1n) is 10.6. The van der Waals surface area contributed by atoms with E-state index in [1.54, 1.807) is 30.6 Å². The Morgan fingerprint density at radius 2 is 1.73 bits per heavy atom. The van der Waals surface area contributed by atoms with Gasteiger partial charge in [-0.05, 0) is 56.0 Å². The van der Waals surface area contributed by atoms with E-state index in [0.717, 1.165) is 63.2 Å². The molecule has 2 aliphatic rings. The van der Waals surface area contributed by atoms with Crippen LogP contribution >= 0.6 is 0 Å². The maximum Gasteiger partial charge on any atom is 0.268 e. The number of nitrogens with two attached hydrogens (primary N) is 1. The van der Waals surface area contributed by atoms with Crippen LogP contribution in [0.2, 0.25) is 0 Å². The third-order valence-corrected chi connectivity index (χ3v) is 7.90. The summed E-state index contributed by atoms with van der Waals surface area (Å²) in [5.74, 6) is 0. The first-order valence-corrected chi connectivity index (χ1v) is 12.1. The number of rotatable bonds is 4. The molecule has 1 aromatic carbocycles. The quantitative estimate of drug-likeness (QED) is 0.692. The average Bonchev–Trinajstić information content (AvgIpc) is 3.43. The molecule has 0 amide bonds. The molecule has 158 valence electrons. The number of pyridine rings is 1. The van der Waals surface area contributed by atoms with E-state index in [0.29, 0.717) is 15.9 Å². The Balaban J connectivity index is 1.58. The van der Waals surface area contributed by atoms with Crippen molar-refractivity contribution in [3.63, 3.8) is 0 Å². The lowest BCUT2D eigenvalue weighted by atomic mass is 10.1. The first-order chi connectivity index (χ1) is 14.5. The number of fused-ring (bicyclic) bond motifs is 1. The molecule has 4 heterocycles. The molecule has 0 unspecified atom stereocenters. The Morgan fingerprint density at radius 1 is 0.967 bits per heavy atom. The average molecular weight is 426 g/mol. The van der Waals surface area contributed by atoms with Crippen LogP contribution in [0, 0.1) is 0 Å². The van der Waals surface area contributed by atoms with Gasteiger partial charge in [-0.3, -0.25) is 4.98 Å². The van der Waals surface area contributed by atoms with Gasteiger partial charge in [-0.25, -0.2) is 12.4 Å². The molecule has 2 saturated heterocycles. The van der Waals surface area contributed by atoms with Gasteiger partial charge in [0.25, 0.3) is 10.0 Å².